The molecular weight excluding hydrogens is 717 g/mol. The number of likely N-dealkylation sites (N-methyl/N-ethyl adjacent to an activating group) is 1. The third kappa shape index (κ3) is 12.5. The van der Waals surface area contributed by atoms with Crippen LogP contribution in [-0.2, 0) is 27.3 Å². The van der Waals surface area contributed by atoms with Crippen LogP contribution in [0.3, 0.4) is 0 Å². The number of ether oxygens (including phenoxy) is 1. The molecule has 3 aromatic rings. The summed E-state index contributed by atoms with van der Waals surface area (Å²) in [7, 11) is 2.14. The second kappa shape index (κ2) is 18.4. The van der Waals surface area contributed by atoms with Gasteiger partial charge in [0, 0.05) is 16.3 Å². The lowest BCUT2D eigenvalue weighted by Crippen LogP contribution is -2.62. The van der Waals surface area contributed by atoms with Crippen LogP contribution in [0.2, 0.25) is 5.02 Å². The topological polar surface area (TPSA) is 162 Å². The molecule has 1 unspecified atom stereocenters. The predicted molar refractivity (Wildman–Crippen MR) is 189 cm³/mol. The second-order valence-electron chi connectivity index (χ2n) is 13.8. The number of aromatic hydroxyl groups is 1. The summed E-state index contributed by atoms with van der Waals surface area (Å²) >= 11 is 6.26. The maximum atomic E-state index is 14.0. The maximum Gasteiger partial charge on any atom is 0.430 e. The molecule has 0 radical (unpaired) electrons. The molecule has 0 spiro atoms. The van der Waals surface area contributed by atoms with E-state index < -0.39 is 30.1 Å². The smallest absolute Gasteiger partial charge is 0.430 e. The maximum absolute atomic E-state index is 14.0. The van der Waals surface area contributed by atoms with E-state index in [1.54, 1.807) is 48.5 Å². The number of benzene rings is 3. The zero-order valence-electron chi connectivity index (χ0n) is 29.3. The number of hydrogen-bond acceptors (Lipinski definition) is 8. The monoisotopic (exact) mass is 760 g/mol. The standard InChI is InChI=1S/C36H43ClN4O5.C2HF3O2/c1-41(23-26-7-5-10-28(37)21-26)20-6-11-30(24-41)40(34(43)33(38)22-25-12-16-31(42)17-13-25)36(45)39-29-14-18-32(19-15-29)46-35(44)27-8-3-2-4-9-27;3-2(4,5)1(6)7/h5,7,10,12-19,21,27,30,33H,2-4,6,8-9,11,20,22-24,38H2,1H3,(H-,39,42,45);(H,6,7)/t30-,33-,41?;/m0./s1. The minimum atomic E-state index is -5.19. The number of carboxylic acid groups (broad SMARTS) is 1. The molecule has 286 valence electrons. The third-order valence-corrected chi connectivity index (χ3v) is 9.60. The first-order valence-corrected chi connectivity index (χ1v) is 17.8. The second-order valence-corrected chi connectivity index (χ2v) is 14.2. The number of aliphatic carboxylic acids is 1. The highest BCUT2D eigenvalue weighted by atomic mass is 35.5. The number of alkyl halides is 3. The average Bonchev–Trinajstić information content (AvgIpc) is 3.10. The van der Waals surface area contributed by atoms with Crippen LogP contribution < -0.4 is 20.9 Å². The van der Waals surface area contributed by atoms with Gasteiger partial charge in [-0.2, -0.15) is 13.2 Å². The number of likely N-dealkylation sites (tertiary alicyclic amines) is 1. The zero-order chi connectivity index (χ0) is 38.8. The number of carbonyl (C=O) groups is 4. The average molecular weight is 761 g/mol. The molecule has 3 aromatic carbocycles. The van der Waals surface area contributed by atoms with Gasteiger partial charge in [0.05, 0.1) is 31.6 Å². The third-order valence-electron chi connectivity index (χ3n) is 9.36. The van der Waals surface area contributed by atoms with Crippen molar-refractivity contribution >= 4 is 41.2 Å². The molecule has 1 saturated carbocycles. The van der Waals surface area contributed by atoms with Crippen molar-refractivity contribution in [3.63, 3.8) is 0 Å². The van der Waals surface area contributed by atoms with E-state index in [2.05, 4.69) is 12.4 Å². The molecule has 1 aliphatic heterocycles. The Bertz CT molecular complexity index is 1720. The zero-order valence-corrected chi connectivity index (χ0v) is 30.1. The number of esters is 1. The molecule has 5 rings (SSSR count). The number of quaternary nitrogens is 1. The molecule has 53 heavy (non-hydrogen) atoms. The molecule has 15 heteroatoms. The van der Waals surface area contributed by atoms with E-state index in [0.29, 0.717) is 40.5 Å². The van der Waals surface area contributed by atoms with Crippen LogP contribution in [0.4, 0.5) is 23.7 Å². The Kier molecular flexibility index (Phi) is 14.3. The number of halogens is 4. The van der Waals surface area contributed by atoms with Gasteiger partial charge in [-0.15, -0.1) is 0 Å². The van der Waals surface area contributed by atoms with Crippen LogP contribution in [0.25, 0.3) is 0 Å². The summed E-state index contributed by atoms with van der Waals surface area (Å²) in [6.07, 6.45) is 1.44. The molecule has 1 saturated heterocycles. The van der Waals surface area contributed by atoms with Crippen LogP contribution in [0.5, 0.6) is 11.5 Å². The first kappa shape index (κ1) is 41.1. The van der Waals surface area contributed by atoms with E-state index in [0.717, 1.165) is 56.2 Å². The lowest BCUT2D eigenvalue weighted by Gasteiger charge is -2.44. The van der Waals surface area contributed by atoms with E-state index in [-0.39, 0.29) is 30.1 Å². The van der Waals surface area contributed by atoms with Crippen molar-refractivity contribution in [3.8, 4) is 11.5 Å². The minimum absolute atomic E-state index is 0.0723. The fourth-order valence-electron chi connectivity index (χ4n) is 6.76. The largest absolute Gasteiger partial charge is 0.542 e. The summed E-state index contributed by atoms with van der Waals surface area (Å²) in [6, 6.07) is 19.0. The fourth-order valence-corrected chi connectivity index (χ4v) is 6.97. The molecule has 1 aliphatic carbocycles. The van der Waals surface area contributed by atoms with Gasteiger partial charge in [-0.3, -0.25) is 14.5 Å². The number of nitrogens with two attached hydrogens (primary N) is 1. The predicted octanol–water partition coefficient (Wildman–Crippen LogP) is 5.57. The van der Waals surface area contributed by atoms with Gasteiger partial charge in [-0.25, -0.2) is 4.79 Å². The van der Waals surface area contributed by atoms with Gasteiger partial charge in [0.2, 0.25) is 5.91 Å². The van der Waals surface area contributed by atoms with Crippen LogP contribution in [0.15, 0.2) is 72.8 Å². The van der Waals surface area contributed by atoms with E-state index in [4.69, 9.17) is 32.0 Å². The molecule has 11 nitrogen and oxygen atoms in total. The summed E-state index contributed by atoms with van der Waals surface area (Å²) in [4.78, 5) is 50.6. The van der Waals surface area contributed by atoms with E-state index >= 15 is 0 Å². The SMILES string of the molecule is C[N+]1(Cc2cccc(Cl)c2)CCC[C@H](N(C(=O)Nc2ccc(OC(=O)C3CCCCC3)cc2)C(=O)[C@@H](N)Cc2ccc(O)cc2)C1.O=C([O-])C(F)(F)F. The van der Waals surface area contributed by atoms with Gasteiger partial charge in [-0.05, 0) is 86.2 Å². The Labute approximate surface area is 311 Å². The number of rotatable bonds is 9. The Hall–Kier alpha value is -4.66. The van der Waals surface area contributed by atoms with Gasteiger partial charge in [0.25, 0.3) is 0 Å². The molecule has 3 amide bonds. The molecule has 4 N–H and O–H groups in total. The lowest BCUT2D eigenvalue weighted by molar-refractivity contribution is -0.928. The number of nitrogens with zero attached hydrogens (tertiary/aromatic N) is 2. The van der Waals surface area contributed by atoms with Crippen molar-refractivity contribution in [2.24, 2.45) is 11.7 Å². The number of carbonyl (C=O) groups excluding carboxylic acids is 4. The first-order chi connectivity index (χ1) is 25.0. The Morgan fingerprint density at radius 3 is 2.23 bits per heavy atom. The van der Waals surface area contributed by atoms with Crippen molar-refractivity contribution in [2.75, 3.05) is 25.5 Å². The van der Waals surface area contributed by atoms with Crippen LogP contribution in [0, 0.1) is 5.92 Å². The lowest BCUT2D eigenvalue weighted by atomic mass is 9.89. The van der Waals surface area contributed by atoms with E-state index in [9.17, 15) is 32.7 Å². The summed E-state index contributed by atoms with van der Waals surface area (Å²) in [6.45, 7) is 2.17. The summed E-state index contributed by atoms with van der Waals surface area (Å²) < 4.78 is 37.8. The highest BCUT2D eigenvalue weighted by Gasteiger charge is 2.41. The number of amides is 3. The number of phenolic OH excluding ortho intramolecular Hbond substituents is 1. The number of carboxylic acids is 1. The van der Waals surface area contributed by atoms with Crippen molar-refractivity contribution in [2.45, 2.75) is 76.2 Å². The minimum Gasteiger partial charge on any atom is -0.542 e. The van der Waals surface area contributed by atoms with Gasteiger partial charge in [0.15, 0.2) is 0 Å². The summed E-state index contributed by atoms with van der Waals surface area (Å²) in [5, 5.41) is 22.0. The number of urea groups is 1. The highest BCUT2D eigenvalue weighted by Crippen LogP contribution is 2.28. The normalized spacial score (nSPS) is 19.5. The number of imide groups is 1. The number of phenols is 1. The fraction of sp³-hybridized carbons (Fsp3) is 0.421. The van der Waals surface area contributed by atoms with Crippen molar-refractivity contribution in [3.05, 3.63) is 88.9 Å². The van der Waals surface area contributed by atoms with Crippen LogP contribution in [-0.4, -0.2) is 76.8 Å². The van der Waals surface area contributed by atoms with Crippen molar-refractivity contribution in [1.29, 1.82) is 0 Å². The number of anilines is 1. The molecule has 3 atom stereocenters. The van der Waals surface area contributed by atoms with Gasteiger partial charge >= 0.3 is 18.2 Å². The Morgan fingerprint density at radius 1 is 0.981 bits per heavy atom. The number of nitrogens with one attached hydrogen (secondary N) is 1. The molecule has 0 aromatic heterocycles. The Morgan fingerprint density at radius 2 is 1.62 bits per heavy atom. The van der Waals surface area contributed by atoms with Gasteiger partial charge in [0.1, 0.15) is 30.6 Å². The van der Waals surface area contributed by atoms with Crippen molar-refractivity contribution in [1.82, 2.24) is 4.90 Å². The van der Waals surface area contributed by atoms with Gasteiger partial charge < -0.3 is 35.3 Å². The molecular formula is C38H44ClF3N4O7. The molecule has 0 bridgehead atoms. The molecule has 2 aliphatic rings. The Balaban J connectivity index is 0.000000815. The van der Waals surface area contributed by atoms with Crippen molar-refractivity contribution < 1.29 is 51.8 Å². The van der Waals surface area contributed by atoms with Crippen LogP contribution >= 0.6 is 11.6 Å². The molecule has 1 heterocycles. The number of piperidine rings is 1. The molecule has 2 fully saturated rings. The number of hydrogen-bond donors (Lipinski definition) is 3. The summed E-state index contributed by atoms with van der Waals surface area (Å²) in [5.74, 6) is -3.22. The summed E-state index contributed by atoms with van der Waals surface area (Å²) in [5.41, 5.74) is 8.80. The van der Waals surface area contributed by atoms with Gasteiger partial charge in [-0.1, -0.05) is 55.1 Å². The first-order valence-electron chi connectivity index (χ1n) is 17.4. The van der Waals surface area contributed by atoms with E-state index in [1.165, 1.54) is 4.90 Å². The quantitative estimate of drug-likeness (QED) is 0.145. The van der Waals surface area contributed by atoms with Crippen LogP contribution in [0.1, 0.15) is 56.1 Å². The highest BCUT2D eigenvalue weighted by molar-refractivity contribution is 6.30. The van der Waals surface area contributed by atoms with E-state index in [1.807, 2.05) is 24.3 Å².